The van der Waals surface area contributed by atoms with Gasteiger partial charge < -0.3 is 10.0 Å². The number of unbranched alkanes of at least 4 members (excludes halogenated alkanes) is 12. The van der Waals surface area contributed by atoms with E-state index in [1.54, 1.807) is 0 Å². The Balaban J connectivity index is 3.35. The highest BCUT2D eigenvalue weighted by Crippen LogP contribution is 2.13. The Morgan fingerprint density at radius 3 is 1.50 bits per heavy atom. The van der Waals surface area contributed by atoms with E-state index in [1.807, 2.05) is 6.92 Å². The second-order valence-corrected chi connectivity index (χ2v) is 6.79. The monoisotopic (exact) mass is 341 g/mol. The maximum atomic E-state index is 11.9. The van der Waals surface area contributed by atoms with Crippen molar-refractivity contribution >= 4 is 11.9 Å². The summed E-state index contributed by atoms with van der Waals surface area (Å²) in [5.41, 5.74) is 0. The summed E-state index contributed by atoms with van der Waals surface area (Å²) >= 11 is 0. The second-order valence-electron chi connectivity index (χ2n) is 6.79. The third-order valence-electron chi connectivity index (χ3n) is 4.55. The number of aliphatic carboxylic acids is 1. The predicted molar refractivity (Wildman–Crippen MR) is 100 cm³/mol. The van der Waals surface area contributed by atoms with Crippen LogP contribution in [0.5, 0.6) is 0 Å². The number of carbonyl (C=O) groups is 2. The van der Waals surface area contributed by atoms with Crippen molar-refractivity contribution in [2.24, 2.45) is 0 Å². The minimum atomic E-state index is -0.935. The maximum absolute atomic E-state index is 11.9. The zero-order valence-electron chi connectivity index (χ0n) is 16.0. The molecule has 0 rings (SSSR count). The van der Waals surface area contributed by atoms with Crippen molar-refractivity contribution in [3.8, 4) is 0 Å². The van der Waals surface area contributed by atoms with Crippen molar-refractivity contribution in [3.05, 3.63) is 0 Å². The van der Waals surface area contributed by atoms with Crippen molar-refractivity contribution in [2.75, 3.05) is 13.1 Å². The van der Waals surface area contributed by atoms with Gasteiger partial charge in [0.15, 0.2) is 0 Å². The van der Waals surface area contributed by atoms with E-state index >= 15 is 0 Å². The first-order chi connectivity index (χ1) is 11.6. The molecule has 0 unspecified atom stereocenters. The fourth-order valence-electron chi connectivity index (χ4n) is 2.99. The van der Waals surface area contributed by atoms with E-state index in [4.69, 9.17) is 5.11 Å². The number of hydrogen-bond acceptors (Lipinski definition) is 2. The van der Waals surface area contributed by atoms with Gasteiger partial charge in [-0.1, -0.05) is 84.0 Å². The average Bonchev–Trinajstić information content (AvgIpc) is 2.56. The molecule has 142 valence electrons. The lowest BCUT2D eigenvalue weighted by Gasteiger charge is -2.18. The first-order valence-electron chi connectivity index (χ1n) is 10.1. The van der Waals surface area contributed by atoms with Gasteiger partial charge in [-0.25, -0.2) is 0 Å². The lowest BCUT2D eigenvalue weighted by atomic mass is 10.0. The number of carboxylic acids is 1. The van der Waals surface area contributed by atoms with Crippen LogP contribution in [0.2, 0.25) is 0 Å². The normalized spacial score (nSPS) is 10.8. The molecule has 1 amide bonds. The molecule has 0 radical (unpaired) electrons. The molecule has 0 aliphatic rings. The van der Waals surface area contributed by atoms with E-state index in [0.29, 0.717) is 13.0 Å². The first-order valence-corrected chi connectivity index (χ1v) is 10.1. The standard InChI is InChI=1S/C20H39NO3/c1-3-5-6-7-8-9-10-11-12-13-14-15-16-17-19(22)21(4-2)18-20(23)24/h3-18H2,1-2H3,(H,23,24). The van der Waals surface area contributed by atoms with E-state index in [2.05, 4.69) is 6.92 Å². The van der Waals surface area contributed by atoms with Crippen LogP contribution < -0.4 is 0 Å². The van der Waals surface area contributed by atoms with Gasteiger partial charge in [-0.05, 0) is 13.3 Å². The summed E-state index contributed by atoms with van der Waals surface area (Å²) in [7, 11) is 0. The van der Waals surface area contributed by atoms with Crippen molar-refractivity contribution in [2.45, 2.75) is 104 Å². The number of amides is 1. The van der Waals surface area contributed by atoms with Crippen LogP contribution in [0, 0.1) is 0 Å². The van der Waals surface area contributed by atoms with Crippen LogP contribution in [0.1, 0.15) is 104 Å². The average molecular weight is 342 g/mol. The molecule has 0 aromatic carbocycles. The van der Waals surface area contributed by atoms with Gasteiger partial charge in [-0.15, -0.1) is 0 Å². The van der Waals surface area contributed by atoms with Gasteiger partial charge in [0, 0.05) is 13.0 Å². The Labute approximate surface area is 149 Å². The lowest BCUT2D eigenvalue weighted by Crippen LogP contribution is -2.35. The minimum absolute atomic E-state index is 0.0250. The SMILES string of the molecule is CCCCCCCCCCCCCCCC(=O)N(CC)CC(=O)O. The molecule has 1 N–H and O–H groups in total. The highest BCUT2D eigenvalue weighted by Gasteiger charge is 2.13. The van der Waals surface area contributed by atoms with E-state index < -0.39 is 5.97 Å². The van der Waals surface area contributed by atoms with Crippen molar-refractivity contribution in [1.29, 1.82) is 0 Å². The molecule has 0 aromatic rings. The Hall–Kier alpha value is -1.06. The summed E-state index contributed by atoms with van der Waals surface area (Å²) in [5, 5.41) is 8.75. The summed E-state index contributed by atoms with van der Waals surface area (Å²) in [4.78, 5) is 24.0. The van der Waals surface area contributed by atoms with Gasteiger partial charge in [0.1, 0.15) is 6.54 Å². The minimum Gasteiger partial charge on any atom is -0.480 e. The quantitative estimate of drug-likeness (QED) is 0.360. The number of nitrogens with zero attached hydrogens (tertiary/aromatic N) is 1. The molecule has 4 heteroatoms. The lowest BCUT2D eigenvalue weighted by molar-refractivity contribution is -0.144. The third-order valence-corrected chi connectivity index (χ3v) is 4.55. The van der Waals surface area contributed by atoms with Crippen LogP contribution in [0.4, 0.5) is 0 Å². The van der Waals surface area contributed by atoms with Crippen molar-refractivity contribution in [3.63, 3.8) is 0 Å². The zero-order chi connectivity index (χ0) is 18.0. The van der Waals surface area contributed by atoms with Crippen LogP contribution in [0.3, 0.4) is 0 Å². The Bertz CT molecular complexity index is 318. The molecular formula is C20H39NO3. The molecule has 0 heterocycles. The number of carbonyl (C=O) groups excluding carboxylic acids is 1. The number of likely N-dealkylation sites (N-methyl/N-ethyl adjacent to an activating group) is 1. The van der Waals surface area contributed by atoms with Crippen LogP contribution >= 0.6 is 0 Å². The molecule has 0 spiro atoms. The molecule has 0 saturated heterocycles. The smallest absolute Gasteiger partial charge is 0.323 e. The molecule has 0 atom stereocenters. The van der Waals surface area contributed by atoms with Crippen LogP contribution in [-0.4, -0.2) is 35.0 Å². The van der Waals surface area contributed by atoms with Crippen molar-refractivity contribution < 1.29 is 14.7 Å². The first kappa shape index (κ1) is 22.9. The van der Waals surface area contributed by atoms with Gasteiger partial charge in [0.05, 0.1) is 0 Å². The van der Waals surface area contributed by atoms with Gasteiger partial charge in [0.25, 0.3) is 0 Å². The van der Waals surface area contributed by atoms with E-state index in [1.165, 1.54) is 75.5 Å². The van der Waals surface area contributed by atoms with Gasteiger partial charge in [-0.3, -0.25) is 9.59 Å². The van der Waals surface area contributed by atoms with Gasteiger partial charge in [-0.2, -0.15) is 0 Å². The highest BCUT2D eigenvalue weighted by molar-refractivity contribution is 5.81. The van der Waals surface area contributed by atoms with Gasteiger partial charge in [0.2, 0.25) is 5.91 Å². The van der Waals surface area contributed by atoms with E-state index in [0.717, 1.165) is 12.8 Å². The molecule has 0 aliphatic carbocycles. The Morgan fingerprint density at radius 2 is 1.12 bits per heavy atom. The summed E-state index contributed by atoms with van der Waals surface area (Å²) < 4.78 is 0. The predicted octanol–water partition coefficient (Wildman–Crippen LogP) is 5.40. The van der Waals surface area contributed by atoms with E-state index in [-0.39, 0.29) is 12.5 Å². The molecule has 0 bridgehead atoms. The molecule has 0 fully saturated rings. The molecule has 4 nitrogen and oxygen atoms in total. The van der Waals surface area contributed by atoms with Crippen LogP contribution in [-0.2, 0) is 9.59 Å². The molecule has 0 aliphatic heterocycles. The summed E-state index contributed by atoms with van der Waals surface area (Å²) in [6.45, 7) is 4.38. The third kappa shape index (κ3) is 14.5. The Morgan fingerprint density at radius 1 is 0.708 bits per heavy atom. The number of rotatable bonds is 17. The second kappa shape index (κ2) is 16.8. The molecular weight excluding hydrogens is 302 g/mol. The van der Waals surface area contributed by atoms with Gasteiger partial charge >= 0.3 is 5.97 Å². The molecule has 0 aromatic heterocycles. The fourth-order valence-corrected chi connectivity index (χ4v) is 2.99. The summed E-state index contributed by atoms with van der Waals surface area (Å²) in [5.74, 6) is -0.960. The topological polar surface area (TPSA) is 57.6 Å². The summed E-state index contributed by atoms with van der Waals surface area (Å²) in [6.07, 6.45) is 17.2. The van der Waals surface area contributed by atoms with E-state index in [9.17, 15) is 9.59 Å². The Kier molecular flexibility index (Phi) is 16.0. The maximum Gasteiger partial charge on any atom is 0.323 e. The van der Waals surface area contributed by atoms with Crippen LogP contribution in [0.15, 0.2) is 0 Å². The molecule has 0 saturated carbocycles. The fraction of sp³-hybridized carbons (Fsp3) is 0.900. The number of carboxylic acid groups (broad SMARTS) is 1. The largest absolute Gasteiger partial charge is 0.480 e. The highest BCUT2D eigenvalue weighted by atomic mass is 16.4. The molecule has 24 heavy (non-hydrogen) atoms. The van der Waals surface area contributed by atoms with Crippen molar-refractivity contribution in [1.82, 2.24) is 4.90 Å². The van der Waals surface area contributed by atoms with Crippen LogP contribution in [0.25, 0.3) is 0 Å². The number of hydrogen-bond donors (Lipinski definition) is 1. The summed E-state index contributed by atoms with van der Waals surface area (Å²) in [6, 6.07) is 0. The zero-order valence-corrected chi connectivity index (χ0v) is 16.0.